The summed E-state index contributed by atoms with van der Waals surface area (Å²) in [5.74, 6) is -0.293. The van der Waals surface area contributed by atoms with Gasteiger partial charge in [-0.05, 0) is 12.1 Å². The zero-order valence-corrected chi connectivity index (χ0v) is 7.79. The molecule has 1 saturated heterocycles. The van der Waals surface area contributed by atoms with Crippen LogP contribution >= 0.6 is 0 Å². The summed E-state index contributed by atoms with van der Waals surface area (Å²) in [5, 5.41) is 3.15. The summed E-state index contributed by atoms with van der Waals surface area (Å²) in [7, 11) is 0. The number of anilines is 1. The second-order valence-corrected chi connectivity index (χ2v) is 3.34. The van der Waals surface area contributed by atoms with Crippen molar-refractivity contribution in [1.29, 1.82) is 0 Å². The number of morpholine rings is 1. The van der Waals surface area contributed by atoms with Gasteiger partial charge < -0.3 is 15.8 Å². The molecule has 4 heteroatoms. The lowest BCUT2D eigenvalue weighted by Gasteiger charge is -2.24. The van der Waals surface area contributed by atoms with E-state index in [1.807, 2.05) is 0 Å². The molecule has 0 aliphatic carbocycles. The molecular weight excluding hydrogens is 183 g/mol. The second-order valence-electron chi connectivity index (χ2n) is 3.34. The maximum Gasteiger partial charge on any atom is 0.131 e. The molecule has 1 atom stereocenters. The summed E-state index contributed by atoms with van der Waals surface area (Å²) >= 11 is 0. The van der Waals surface area contributed by atoms with Gasteiger partial charge in [-0.1, -0.05) is 6.07 Å². The molecule has 0 spiro atoms. The van der Waals surface area contributed by atoms with Crippen LogP contribution in [0.25, 0.3) is 0 Å². The normalized spacial score (nSPS) is 22.2. The van der Waals surface area contributed by atoms with Crippen molar-refractivity contribution in [1.82, 2.24) is 5.32 Å². The molecule has 1 aliphatic rings. The molecule has 0 amide bonds. The van der Waals surface area contributed by atoms with Crippen molar-refractivity contribution in [2.45, 2.75) is 6.10 Å². The monoisotopic (exact) mass is 196 g/mol. The lowest BCUT2D eigenvalue weighted by molar-refractivity contribution is 0.0255. The smallest absolute Gasteiger partial charge is 0.131 e. The topological polar surface area (TPSA) is 47.3 Å². The molecule has 1 aromatic rings. The first-order chi connectivity index (χ1) is 6.77. The molecule has 0 unspecified atom stereocenters. The predicted molar refractivity (Wildman–Crippen MR) is 52.4 cm³/mol. The Morgan fingerprint density at radius 2 is 2.36 bits per heavy atom. The molecular formula is C10H13FN2O. The molecule has 0 aromatic heterocycles. The first-order valence-electron chi connectivity index (χ1n) is 4.64. The highest BCUT2D eigenvalue weighted by Gasteiger charge is 2.18. The molecule has 0 bridgehead atoms. The minimum atomic E-state index is -0.293. The summed E-state index contributed by atoms with van der Waals surface area (Å²) < 4.78 is 18.9. The lowest BCUT2D eigenvalue weighted by Crippen LogP contribution is -2.33. The average molecular weight is 196 g/mol. The Morgan fingerprint density at radius 1 is 1.50 bits per heavy atom. The Kier molecular flexibility index (Phi) is 2.65. The van der Waals surface area contributed by atoms with Crippen LogP contribution in [0.4, 0.5) is 10.1 Å². The number of benzene rings is 1. The quantitative estimate of drug-likeness (QED) is 0.660. The first-order valence-corrected chi connectivity index (χ1v) is 4.64. The molecule has 0 radical (unpaired) electrons. The van der Waals surface area contributed by atoms with Gasteiger partial charge in [-0.15, -0.1) is 0 Å². The van der Waals surface area contributed by atoms with Crippen molar-refractivity contribution in [3.05, 3.63) is 29.6 Å². The Bertz CT molecular complexity index is 324. The van der Waals surface area contributed by atoms with E-state index in [9.17, 15) is 4.39 Å². The summed E-state index contributed by atoms with van der Waals surface area (Å²) in [6, 6.07) is 4.70. The van der Waals surface area contributed by atoms with E-state index in [1.54, 1.807) is 12.1 Å². The molecule has 3 N–H and O–H groups in total. The maximum atomic E-state index is 13.4. The number of hydrogen-bond acceptors (Lipinski definition) is 3. The van der Waals surface area contributed by atoms with Gasteiger partial charge >= 0.3 is 0 Å². The Hall–Kier alpha value is -1.13. The van der Waals surface area contributed by atoms with E-state index in [-0.39, 0.29) is 11.9 Å². The van der Waals surface area contributed by atoms with Crippen LogP contribution in [0.2, 0.25) is 0 Å². The van der Waals surface area contributed by atoms with E-state index in [2.05, 4.69) is 5.32 Å². The molecule has 76 valence electrons. The molecule has 14 heavy (non-hydrogen) atoms. The standard InChI is InChI=1S/C10H13FN2O/c11-9-5-7(12)1-2-8(9)10-6-13-3-4-14-10/h1-2,5,10,13H,3-4,6,12H2/t10-/m1/s1. The molecule has 1 heterocycles. The van der Waals surface area contributed by atoms with Gasteiger partial charge in [0.15, 0.2) is 0 Å². The number of halogens is 1. The number of nitrogens with two attached hydrogens (primary N) is 1. The minimum absolute atomic E-state index is 0.190. The largest absolute Gasteiger partial charge is 0.399 e. The first kappa shape index (κ1) is 9.43. The SMILES string of the molecule is Nc1ccc([C@H]2CNCCO2)c(F)c1. The van der Waals surface area contributed by atoms with E-state index >= 15 is 0 Å². The van der Waals surface area contributed by atoms with Crippen molar-refractivity contribution in [3.63, 3.8) is 0 Å². The van der Waals surface area contributed by atoms with Gasteiger partial charge in [0.2, 0.25) is 0 Å². The molecule has 2 rings (SSSR count). The van der Waals surface area contributed by atoms with E-state index in [1.165, 1.54) is 6.07 Å². The van der Waals surface area contributed by atoms with Gasteiger partial charge in [0.25, 0.3) is 0 Å². The van der Waals surface area contributed by atoms with Gasteiger partial charge in [-0.3, -0.25) is 0 Å². The van der Waals surface area contributed by atoms with Crippen molar-refractivity contribution in [2.24, 2.45) is 0 Å². The summed E-state index contributed by atoms with van der Waals surface area (Å²) in [6.45, 7) is 2.10. The molecule has 1 fully saturated rings. The maximum absolute atomic E-state index is 13.4. The Labute approximate surface area is 82.1 Å². The third-order valence-electron chi connectivity index (χ3n) is 2.30. The Balaban J connectivity index is 2.22. The predicted octanol–water partition coefficient (Wildman–Crippen LogP) is 1.07. The van der Waals surface area contributed by atoms with Crippen LogP contribution in [-0.4, -0.2) is 19.7 Å². The van der Waals surface area contributed by atoms with Crippen LogP contribution in [0.5, 0.6) is 0 Å². The minimum Gasteiger partial charge on any atom is -0.399 e. The zero-order chi connectivity index (χ0) is 9.97. The molecule has 0 saturated carbocycles. The van der Waals surface area contributed by atoms with Gasteiger partial charge in [0, 0.05) is 24.3 Å². The highest BCUT2D eigenvalue weighted by Crippen LogP contribution is 2.23. The fourth-order valence-electron chi connectivity index (χ4n) is 1.57. The summed E-state index contributed by atoms with van der Waals surface area (Å²) in [6.07, 6.45) is -0.190. The van der Waals surface area contributed by atoms with Gasteiger partial charge in [-0.25, -0.2) is 4.39 Å². The van der Waals surface area contributed by atoms with Crippen molar-refractivity contribution in [2.75, 3.05) is 25.4 Å². The molecule has 3 nitrogen and oxygen atoms in total. The van der Waals surface area contributed by atoms with E-state index in [0.29, 0.717) is 24.4 Å². The number of rotatable bonds is 1. The summed E-state index contributed by atoms with van der Waals surface area (Å²) in [4.78, 5) is 0. The highest BCUT2D eigenvalue weighted by molar-refractivity contribution is 5.41. The molecule has 1 aliphatic heterocycles. The lowest BCUT2D eigenvalue weighted by atomic mass is 10.1. The number of ether oxygens (including phenoxy) is 1. The number of nitrogen functional groups attached to an aromatic ring is 1. The third kappa shape index (κ3) is 1.86. The zero-order valence-electron chi connectivity index (χ0n) is 7.79. The van der Waals surface area contributed by atoms with E-state index in [4.69, 9.17) is 10.5 Å². The van der Waals surface area contributed by atoms with E-state index < -0.39 is 0 Å². The average Bonchev–Trinajstić information content (AvgIpc) is 2.19. The van der Waals surface area contributed by atoms with Crippen molar-refractivity contribution < 1.29 is 9.13 Å². The van der Waals surface area contributed by atoms with Crippen LogP contribution in [0.3, 0.4) is 0 Å². The number of nitrogens with one attached hydrogen (secondary N) is 1. The van der Waals surface area contributed by atoms with E-state index in [0.717, 1.165) is 6.54 Å². The van der Waals surface area contributed by atoms with Crippen LogP contribution < -0.4 is 11.1 Å². The fraction of sp³-hybridized carbons (Fsp3) is 0.400. The van der Waals surface area contributed by atoms with Crippen LogP contribution in [0.1, 0.15) is 11.7 Å². The van der Waals surface area contributed by atoms with Crippen LogP contribution in [0.15, 0.2) is 18.2 Å². The van der Waals surface area contributed by atoms with Gasteiger partial charge in [-0.2, -0.15) is 0 Å². The fourth-order valence-corrected chi connectivity index (χ4v) is 1.57. The number of hydrogen-bond donors (Lipinski definition) is 2. The van der Waals surface area contributed by atoms with Crippen molar-refractivity contribution in [3.8, 4) is 0 Å². The highest BCUT2D eigenvalue weighted by atomic mass is 19.1. The third-order valence-corrected chi connectivity index (χ3v) is 2.30. The summed E-state index contributed by atoms with van der Waals surface area (Å²) in [5.41, 5.74) is 6.48. The van der Waals surface area contributed by atoms with Gasteiger partial charge in [0.1, 0.15) is 5.82 Å². The van der Waals surface area contributed by atoms with Crippen LogP contribution in [-0.2, 0) is 4.74 Å². The van der Waals surface area contributed by atoms with Crippen molar-refractivity contribution >= 4 is 5.69 Å². The second kappa shape index (κ2) is 3.94. The Morgan fingerprint density at radius 3 is 3.00 bits per heavy atom. The van der Waals surface area contributed by atoms with Gasteiger partial charge in [0.05, 0.1) is 12.7 Å². The molecule has 1 aromatic carbocycles. The van der Waals surface area contributed by atoms with Crippen LogP contribution in [0, 0.1) is 5.82 Å².